The van der Waals surface area contributed by atoms with E-state index in [2.05, 4.69) is 15.5 Å². The number of carbonyl (C=O) groups excluding carboxylic acids is 1. The number of benzene rings is 2. The largest absolute Gasteiger partial charge is 0.497 e. The number of aryl methyl sites for hydroxylation is 1. The zero-order valence-electron chi connectivity index (χ0n) is 16.1. The van der Waals surface area contributed by atoms with E-state index in [-0.39, 0.29) is 5.91 Å². The maximum absolute atomic E-state index is 12.2. The predicted molar refractivity (Wildman–Crippen MR) is 107 cm³/mol. The van der Waals surface area contributed by atoms with Crippen molar-refractivity contribution in [2.24, 2.45) is 0 Å². The van der Waals surface area contributed by atoms with Gasteiger partial charge in [-0.3, -0.25) is 4.79 Å². The van der Waals surface area contributed by atoms with Crippen molar-refractivity contribution in [1.29, 1.82) is 0 Å². The molecule has 0 spiro atoms. The van der Waals surface area contributed by atoms with Crippen LogP contribution in [0.4, 0.5) is 5.69 Å². The molecule has 0 aliphatic heterocycles. The highest BCUT2D eigenvalue weighted by atomic mass is 16.5. The second-order valence-electron chi connectivity index (χ2n) is 6.20. The van der Waals surface area contributed by atoms with Gasteiger partial charge in [0.05, 0.1) is 13.7 Å². The molecule has 146 valence electrons. The van der Waals surface area contributed by atoms with E-state index >= 15 is 0 Å². The number of anilines is 1. The number of carbonyl (C=O) groups is 1. The first-order valence-corrected chi connectivity index (χ1v) is 9.24. The van der Waals surface area contributed by atoms with Crippen molar-refractivity contribution >= 4 is 11.6 Å². The molecule has 1 N–H and O–H groups in total. The van der Waals surface area contributed by atoms with Gasteiger partial charge in [0.2, 0.25) is 5.91 Å². The normalized spacial score (nSPS) is 10.5. The number of hydrogen-bond acceptors (Lipinski definition) is 5. The van der Waals surface area contributed by atoms with Crippen LogP contribution in [0.2, 0.25) is 0 Å². The van der Waals surface area contributed by atoms with E-state index < -0.39 is 0 Å². The van der Waals surface area contributed by atoms with Crippen molar-refractivity contribution < 1.29 is 14.3 Å². The van der Waals surface area contributed by atoms with E-state index in [9.17, 15) is 4.79 Å². The molecule has 1 amide bonds. The lowest BCUT2D eigenvalue weighted by atomic mass is 10.2. The third kappa shape index (κ3) is 5.09. The monoisotopic (exact) mass is 380 g/mol. The number of amides is 1. The number of nitrogens with zero attached hydrogens (tertiary/aromatic N) is 3. The number of ether oxygens (including phenoxy) is 2. The van der Waals surface area contributed by atoms with Crippen LogP contribution < -0.4 is 14.8 Å². The Morgan fingerprint density at radius 1 is 1.14 bits per heavy atom. The SMILES string of the molecule is CCn1cnnc1-c1cccc(NC(=O)CCCOc2ccc(OC)cc2)c1. The summed E-state index contributed by atoms with van der Waals surface area (Å²) in [6.45, 7) is 3.29. The second-order valence-corrected chi connectivity index (χ2v) is 6.20. The maximum atomic E-state index is 12.2. The van der Waals surface area contributed by atoms with Crippen LogP contribution in [-0.2, 0) is 11.3 Å². The average Bonchev–Trinajstić information content (AvgIpc) is 3.21. The molecular weight excluding hydrogens is 356 g/mol. The van der Waals surface area contributed by atoms with E-state index in [1.807, 2.05) is 60.0 Å². The van der Waals surface area contributed by atoms with Gasteiger partial charge >= 0.3 is 0 Å². The van der Waals surface area contributed by atoms with E-state index in [0.29, 0.717) is 19.4 Å². The standard InChI is InChI=1S/C21H24N4O3/c1-3-25-15-22-24-21(25)16-6-4-7-17(14-16)23-20(26)8-5-13-28-19-11-9-18(27-2)10-12-19/h4,6-7,9-12,14-15H,3,5,8,13H2,1-2H3,(H,23,26). The Balaban J connectivity index is 1.47. The summed E-state index contributed by atoms with van der Waals surface area (Å²) in [6.07, 6.45) is 2.71. The third-order valence-corrected chi connectivity index (χ3v) is 4.24. The fourth-order valence-electron chi connectivity index (χ4n) is 2.76. The maximum Gasteiger partial charge on any atom is 0.224 e. The molecule has 1 aromatic heterocycles. The van der Waals surface area contributed by atoms with Crippen molar-refractivity contribution in [3.05, 3.63) is 54.9 Å². The molecule has 0 unspecified atom stereocenters. The molecule has 0 atom stereocenters. The molecule has 0 fully saturated rings. The molecule has 0 saturated carbocycles. The lowest BCUT2D eigenvalue weighted by molar-refractivity contribution is -0.116. The molecule has 2 aromatic carbocycles. The van der Waals surface area contributed by atoms with Gasteiger partial charge in [-0.2, -0.15) is 0 Å². The predicted octanol–water partition coefficient (Wildman–Crippen LogP) is 3.77. The first-order valence-electron chi connectivity index (χ1n) is 9.24. The van der Waals surface area contributed by atoms with Gasteiger partial charge in [-0.25, -0.2) is 0 Å². The third-order valence-electron chi connectivity index (χ3n) is 4.24. The van der Waals surface area contributed by atoms with Crippen molar-refractivity contribution in [2.45, 2.75) is 26.3 Å². The molecule has 0 saturated heterocycles. The minimum atomic E-state index is -0.0487. The zero-order valence-corrected chi connectivity index (χ0v) is 16.1. The zero-order chi connectivity index (χ0) is 19.8. The molecule has 3 rings (SSSR count). The van der Waals surface area contributed by atoms with Gasteiger partial charge in [0.15, 0.2) is 5.82 Å². The molecule has 0 bridgehead atoms. The van der Waals surface area contributed by atoms with Gasteiger partial charge in [0, 0.05) is 24.2 Å². The van der Waals surface area contributed by atoms with Gasteiger partial charge in [0.1, 0.15) is 17.8 Å². The van der Waals surface area contributed by atoms with E-state index in [4.69, 9.17) is 9.47 Å². The van der Waals surface area contributed by atoms with Crippen LogP contribution >= 0.6 is 0 Å². The van der Waals surface area contributed by atoms with Crippen molar-refractivity contribution in [3.8, 4) is 22.9 Å². The van der Waals surface area contributed by atoms with Crippen LogP contribution in [0.5, 0.6) is 11.5 Å². The van der Waals surface area contributed by atoms with E-state index in [1.54, 1.807) is 13.4 Å². The van der Waals surface area contributed by atoms with E-state index in [1.165, 1.54) is 0 Å². The molecule has 1 heterocycles. The molecule has 0 aliphatic carbocycles. The summed E-state index contributed by atoms with van der Waals surface area (Å²) in [5.41, 5.74) is 1.66. The van der Waals surface area contributed by atoms with Crippen molar-refractivity contribution in [2.75, 3.05) is 19.0 Å². The van der Waals surface area contributed by atoms with Gasteiger partial charge in [0.25, 0.3) is 0 Å². The summed E-state index contributed by atoms with van der Waals surface area (Å²) in [6, 6.07) is 15.0. The lowest BCUT2D eigenvalue weighted by Gasteiger charge is -2.09. The van der Waals surface area contributed by atoms with E-state index in [0.717, 1.165) is 35.1 Å². The fourth-order valence-corrected chi connectivity index (χ4v) is 2.76. The highest BCUT2D eigenvalue weighted by Crippen LogP contribution is 2.21. The van der Waals surface area contributed by atoms with Crippen LogP contribution in [0.25, 0.3) is 11.4 Å². The highest BCUT2D eigenvalue weighted by molar-refractivity contribution is 5.91. The molecular formula is C21H24N4O3. The molecule has 7 heteroatoms. The Kier molecular flexibility index (Phi) is 6.62. The fraction of sp³-hybridized carbons (Fsp3) is 0.286. The smallest absolute Gasteiger partial charge is 0.224 e. The van der Waals surface area contributed by atoms with Crippen LogP contribution in [0.3, 0.4) is 0 Å². The van der Waals surface area contributed by atoms with Crippen LogP contribution in [0.1, 0.15) is 19.8 Å². The Morgan fingerprint density at radius 2 is 1.93 bits per heavy atom. The van der Waals surface area contributed by atoms with Crippen molar-refractivity contribution in [1.82, 2.24) is 14.8 Å². The number of methoxy groups -OCH3 is 1. The second kappa shape index (κ2) is 9.55. The minimum absolute atomic E-state index is 0.0487. The Labute approximate surface area is 164 Å². The summed E-state index contributed by atoms with van der Waals surface area (Å²) in [4.78, 5) is 12.2. The Hall–Kier alpha value is -3.35. The lowest BCUT2D eigenvalue weighted by Crippen LogP contribution is -2.13. The number of nitrogens with one attached hydrogen (secondary N) is 1. The quantitative estimate of drug-likeness (QED) is 0.572. The summed E-state index contributed by atoms with van der Waals surface area (Å²) in [5.74, 6) is 2.28. The van der Waals surface area contributed by atoms with Gasteiger partial charge in [-0.1, -0.05) is 12.1 Å². The Morgan fingerprint density at radius 3 is 2.68 bits per heavy atom. The van der Waals surface area contributed by atoms with Crippen molar-refractivity contribution in [3.63, 3.8) is 0 Å². The molecule has 0 radical (unpaired) electrons. The molecule has 28 heavy (non-hydrogen) atoms. The average molecular weight is 380 g/mol. The van der Waals surface area contributed by atoms with Crippen LogP contribution in [-0.4, -0.2) is 34.4 Å². The molecule has 0 aliphatic rings. The topological polar surface area (TPSA) is 78.3 Å². The molecule has 3 aromatic rings. The number of aromatic nitrogens is 3. The first-order chi connectivity index (χ1) is 13.7. The van der Waals surface area contributed by atoms with Crippen LogP contribution in [0, 0.1) is 0 Å². The van der Waals surface area contributed by atoms with Crippen LogP contribution in [0.15, 0.2) is 54.9 Å². The summed E-state index contributed by atoms with van der Waals surface area (Å²) in [7, 11) is 1.62. The number of hydrogen-bond donors (Lipinski definition) is 1. The Bertz CT molecular complexity index is 906. The van der Waals surface area contributed by atoms with Gasteiger partial charge < -0.3 is 19.4 Å². The van der Waals surface area contributed by atoms with Gasteiger partial charge in [-0.05, 0) is 49.7 Å². The highest BCUT2D eigenvalue weighted by Gasteiger charge is 2.08. The van der Waals surface area contributed by atoms with Gasteiger partial charge in [-0.15, -0.1) is 10.2 Å². The first kappa shape index (κ1) is 19.4. The number of rotatable bonds is 9. The summed E-state index contributed by atoms with van der Waals surface area (Å²) < 4.78 is 12.7. The molecule has 7 nitrogen and oxygen atoms in total. The summed E-state index contributed by atoms with van der Waals surface area (Å²) >= 11 is 0. The summed E-state index contributed by atoms with van der Waals surface area (Å²) in [5, 5.41) is 11.0. The minimum Gasteiger partial charge on any atom is -0.497 e.